The Hall–Kier alpha value is -1.88. The molecule has 124 valence electrons. The van der Waals surface area contributed by atoms with Crippen molar-refractivity contribution in [2.45, 2.75) is 12.2 Å². The smallest absolute Gasteiger partial charge is 0.409 e. The molecule has 0 saturated carbocycles. The number of nitrogens with one attached hydrogen (secondary N) is 1. The fourth-order valence-corrected chi connectivity index (χ4v) is 2.38. The first kappa shape index (κ1) is 18.2. The minimum Gasteiger partial charge on any atom is -0.477 e. The van der Waals surface area contributed by atoms with Crippen molar-refractivity contribution in [2.75, 3.05) is 25.2 Å². The average molecular weight is 341 g/mol. The van der Waals surface area contributed by atoms with E-state index in [0.29, 0.717) is 4.31 Å². The van der Waals surface area contributed by atoms with E-state index in [-0.39, 0.29) is 5.82 Å². The summed E-state index contributed by atoms with van der Waals surface area (Å²) in [6.45, 7) is 0. The molecule has 0 aliphatic carbocycles. The summed E-state index contributed by atoms with van der Waals surface area (Å²) in [6.07, 6.45) is -4.86. The van der Waals surface area contributed by atoms with Crippen molar-refractivity contribution >= 4 is 21.8 Å². The van der Waals surface area contributed by atoms with Crippen LogP contribution in [-0.4, -0.2) is 60.8 Å². The highest BCUT2D eigenvalue weighted by atomic mass is 32.2. The van der Waals surface area contributed by atoms with E-state index in [9.17, 15) is 26.4 Å². The first-order valence-electron chi connectivity index (χ1n) is 5.87. The second-order valence-electron chi connectivity index (χ2n) is 4.51. The van der Waals surface area contributed by atoms with E-state index in [1.165, 1.54) is 6.07 Å². The predicted molar refractivity (Wildman–Crippen MR) is 72.1 cm³/mol. The molecule has 1 aromatic rings. The number of rotatable bonds is 6. The van der Waals surface area contributed by atoms with E-state index in [1.807, 2.05) is 5.32 Å². The normalized spacial score (nSPS) is 13.9. The van der Waals surface area contributed by atoms with Crippen LogP contribution in [0.3, 0.4) is 0 Å². The molecule has 7 nitrogen and oxygen atoms in total. The molecule has 1 aromatic heterocycles. The Kier molecular flexibility index (Phi) is 5.35. The van der Waals surface area contributed by atoms with Gasteiger partial charge in [0.05, 0.1) is 5.75 Å². The SMILES string of the molecule is CN(C)S(=O)(=O)CC(Nc1cccc(C(=O)O)n1)C(F)(F)F. The zero-order valence-electron chi connectivity index (χ0n) is 11.6. The molecule has 11 heteroatoms. The van der Waals surface area contributed by atoms with E-state index in [0.717, 1.165) is 26.2 Å². The third kappa shape index (κ3) is 4.84. The van der Waals surface area contributed by atoms with Gasteiger partial charge in [-0.05, 0) is 12.1 Å². The Balaban J connectivity index is 3.06. The Morgan fingerprint density at radius 1 is 1.41 bits per heavy atom. The van der Waals surface area contributed by atoms with Gasteiger partial charge in [0.1, 0.15) is 11.9 Å². The molecular formula is C11H14F3N3O4S. The molecule has 0 fully saturated rings. The molecule has 0 saturated heterocycles. The van der Waals surface area contributed by atoms with Crippen LogP contribution in [0.1, 0.15) is 10.5 Å². The lowest BCUT2D eigenvalue weighted by Crippen LogP contribution is -2.44. The number of alkyl halides is 3. The number of anilines is 1. The van der Waals surface area contributed by atoms with Gasteiger partial charge in [0, 0.05) is 14.1 Å². The maximum atomic E-state index is 13.0. The van der Waals surface area contributed by atoms with E-state index in [4.69, 9.17) is 5.11 Å². The summed E-state index contributed by atoms with van der Waals surface area (Å²) >= 11 is 0. The monoisotopic (exact) mass is 341 g/mol. The van der Waals surface area contributed by atoms with Crippen LogP contribution in [0, 0.1) is 0 Å². The number of halogens is 3. The molecule has 1 atom stereocenters. The van der Waals surface area contributed by atoms with Crippen LogP contribution in [0.2, 0.25) is 0 Å². The molecule has 0 aliphatic rings. The van der Waals surface area contributed by atoms with Crippen molar-refractivity contribution in [2.24, 2.45) is 0 Å². The van der Waals surface area contributed by atoms with E-state index < -0.39 is 39.7 Å². The van der Waals surface area contributed by atoms with Crippen LogP contribution < -0.4 is 5.32 Å². The van der Waals surface area contributed by atoms with E-state index >= 15 is 0 Å². The summed E-state index contributed by atoms with van der Waals surface area (Å²) in [6, 6.07) is 1.00. The second-order valence-corrected chi connectivity index (χ2v) is 6.74. The fourth-order valence-electron chi connectivity index (χ4n) is 1.39. The van der Waals surface area contributed by atoms with Gasteiger partial charge in [0.25, 0.3) is 0 Å². The van der Waals surface area contributed by atoms with Crippen molar-refractivity contribution < 1.29 is 31.5 Å². The summed E-state index contributed by atoms with van der Waals surface area (Å²) in [5.41, 5.74) is -0.457. The van der Waals surface area contributed by atoms with Crippen LogP contribution in [-0.2, 0) is 10.0 Å². The van der Waals surface area contributed by atoms with Gasteiger partial charge in [-0.25, -0.2) is 22.5 Å². The number of nitrogens with zero attached hydrogens (tertiary/aromatic N) is 2. The van der Waals surface area contributed by atoms with Gasteiger partial charge in [-0.3, -0.25) is 0 Å². The highest BCUT2D eigenvalue weighted by Gasteiger charge is 2.43. The Labute approximate surface area is 124 Å². The number of aromatic nitrogens is 1. The summed E-state index contributed by atoms with van der Waals surface area (Å²) in [7, 11) is -1.89. The maximum absolute atomic E-state index is 13.0. The fraction of sp³-hybridized carbons (Fsp3) is 0.455. The van der Waals surface area contributed by atoms with Gasteiger partial charge in [-0.1, -0.05) is 6.07 Å². The number of hydrogen-bond acceptors (Lipinski definition) is 5. The number of aromatic carboxylic acids is 1. The van der Waals surface area contributed by atoms with E-state index in [1.54, 1.807) is 0 Å². The lowest BCUT2D eigenvalue weighted by atomic mass is 10.3. The van der Waals surface area contributed by atoms with Crippen molar-refractivity contribution in [3.63, 3.8) is 0 Å². The Morgan fingerprint density at radius 2 is 2.00 bits per heavy atom. The number of carboxylic acids is 1. The van der Waals surface area contributed by atoms with Crippen LogP contribution in [0.4, 0.5) is 19.0 Å². The second kappa shape index (κ2) is 6.48. The van der Waals surface area contributed by atoms with Gasteiger partial charge in [-0.15, -0.1) is 0 Å². The third-order valence-electron chi connectivity index (χ3n) is 2.62. The molecule has 0 spiro atoms. The largest absolute Gasteiger partial charge is 0.477 e. The molecular weight excluding hydrogens is 327 g/mol. The standard InChI is InChI=1S/C11H14F3N3O4S/c1-17(2)22(20,21)6-8(11(12,13)14)16-9-5-3-4-7(15-9)10(18)19/h3-5,8H,6H2,1-2H3,(H,15,16)(H,18,19). The summed E-state index contributed by atoms with van der Waals surface area (Å²) in [5, 5.41) is 10.7. The lowest BCUT2D eigenvalue weighted by Gasteiger charge is -2.23. The first-order valence-corrected chi connectivity index (χ1v) is 7.48. The molecule has 1 rings (SSSR count). The molecule has 1 unspecified atom stereocenters. The first-order chi connectivity index (χ1) is 9.93. The highest BCUT2D eigenvalue weighted by molar-refractivity contribution is 7.89. The molecule has 0 amide bonds. The average Bonchev–Trinajstić information content (AvgIpc) is 2.36. The number of carbonyl (C=O) groups is 1. The number of pyridine rings is 1. The van der Waals surface area contributed by atoms with Gasteiger partial charge in [0.2, 0.25) is 10.0 Å². The minimum atomic E-state index is -4.86. The molecule has 2 N–H and O–H groups in total. The molecule has 1 heterocycles. The van der Waals surface area contributed by atoms with Crippen LogP contribution >= 0.6 is 0 Å². The zero-order valence-corrected chi connectivity index (χ0v) is 12.4. The zero-order chi connectivity index (χ0) is 17.1. The van der Waals surface area contributed by atoms with Gasteiger partial charge in [0.15, 0.2) is 5.69 Å². The number of carboxylic acid groups (broad SMARTS) is 1. The van der Waals surface area contributed by atoms with E-state index in [2.05, 4.69) is 4.98 Å². The number of hydrogen-bond donors (Lipinski definition) is 2. The molecule has 0 bridgehead atoms. The van der Waals surface area contributed by atoms with Crippen molar-refractivity contribution in [3.8, 4) is 0 Å². The number of sulfonamides is 1. The lowest BCUT2D eigenvalue weighted by molar-refractivity contribution is -0.137. The van der Waals surface area contributed by atoms with Crippen LogP contribution in [0.25, 0.3) is 0 Å². The predicted octanol–water partition coefficient (Wildman–Crippen LogP) is 1.01. The minimum absolute atomic E-state index is 0.379. The molecule has 0 aromatic carbocycles. The Morgan fingerprint density at radius 3 is 2.45 bits per heavy atom. The summed E-state index contributed by atoms with van der Waals surface area (Å²) < 4.78 is 62.8. The Bertz CT molecular complexity index is 646. The quantitative estimate of drug-likeness (QED) is 0.801. The maximum Gasteiger partial charge on any atom is 0.409 e. The third-order valence-corrected chi connectivity index (χ3v) is 4.49. The topological polar surface area (TPSA) is 99.6 Å². The van der Waals surface area contributed by atoms with Crippen molar-refractivity contribution in [1.29, 1.82) is 0 Å². The van der Waals surface area contributed by atoms with Crippen LogP contribution in [0.5, 0.6) is 0 Å². The van der Waals surface area contributed by atoms with Gasteiger partial charge >= 0.3 is 12.1 Å². The molecule has 22 heavy (non-hydrogen) atoms. The van der Waals surface area contributed by atoms with Gasteiger partial charge in [-0.2, -0.15) is 13.2 Å². The van der Waals surface area contributed by atoms with Gasteiger partial charge < -0.3 is 10.4 Å². The van der Waals surface area contributed by atoms with Crippen molar-refractivity contribution in [1.82, 2.24) is 9.29 Å². The van der Waals surface area contributed by atoms with Crippen molar-refractivity contribution in [3.05, 3.63) is 23.9 Å². The van der Waals surface area contributed by atoms with Crippen LogP contribution in [0.15, 0.2) is 18.2 Å². The summed E-state index contributed by atoms with van der Waals surface area (Å²) in [4.78, 5) is 14.2. The molecule has 0 radical (unpaired) electrons. The molecule has 0 aliphatic heterocycles. The highest BCUT2D eigenvalue weighted by Crippen LogP contribution is 2.25. The summed E-state index contributed by atoms with van der Waals surface area (Å²) in [5.74, 6) is -3.02.